The van der Waals surface area contributed by atoms with Gasteiger partial charge in [0.1, 0.15) is 0 Å². The van der Waals surface area contributed by atoms with E-state index in [4.69, 9.17) is 5.11 Å². The SMILES string of the molecule is NC1=NC(=O)NC(O)C1(F)F. The van der Waals surface area contributed by atoms with E-state index < -0.39 is 24.0 Å². The summed E-state index contributed by atoms with van der Waals surface area (Å²) in [4.78, 5) is 13.0. The summed E-state index contributed by atoms with van der Waals surface area (Å²) in [5.41, 5.74) is 4.67. The predicted octanol–water partition coefficient (Wildman–Crippen LogP) is -0.980. The molecule has 11 heavy (non-hydrogen) atoms. The third kappa shape index (κ3) is 1.14. The van der Waals surface area contributed by atoms with Crippen molar-refractivity contribution in [2.24, 2.45) is 10.7 Å². The summed E-state index contributed by atoms with van der Waals surface area (Å²) in [6.07, 6.45) is -2.28. The third-order valence-electron chi connectivity index (χ3n) is 1.17. The molecule has 0 aliphatic carbocycles. The number of nitrogens with two attached hydrogens (primary N) is 1. The van der Waals surface area contributed by atoms with E-state index in [2.05, 4.69) is 10.7 Å². The van der Waals surface area contributed by atoms with Crippen LogP contribution in [-0.4, -0.2) is 29.1 Å². The van der Waals surface area contributed by atoms with Crippen molar-refractivity contribution in [2.45, 2.75) is 12.2 Å². The Morgan fingerprint density at radius 2 is 2.27 bits per heavy atom. The molecule has 7 heteroatoms. The third-order valence-corrected chi connectivity index (χ3v) is 1.17. The fourth-order valence-corrected chi connectivity index (χ4v) is 0.564. The van der Waals surface area contributed by atoms with Crippen LogP contribution in [0.15, 0.2) is 4.99 Å². The molecular weight excluding hydrogens is 160 g/mol. The standard InChI is InChI=1S/C4H5F2N3O2/c5-4(6)1(7)8-3(11)9-2(4)10/h2,10H,(H3,7,8,9,11). The number of halogens is 2. The highest BCUT2D eigenvalue weighted by molar-refractivity contribution is 5.99. The number of alkyl halides is 2. The van der Waals surface area contributed by atoms with Crippen LogP contribution in [0.1, 0.15) is 0 Å². The summed E-state index contributed by atoms with van der Waals surface area (Å²) < 4.78 is 24.9. The molecule has 0 aromatic carbocycles. The van der Waals surface area contributed by atoms with Crippen molar-refractivity contribution in [3.05, 3.63) is 0 Å². The van der Waals surface area contributed by atoms with Crippen molar-refractivity contribution in [1.82, 2.24) is 5.32 Å². The Morgan fingerprint density at radius 3 is 2.73 bits per heavy atom. The summed E-state index contributed by atoms with van der Waals surface area (Å²) in [5.74, 6) is -4.85. The van der Waals surface area contributed by atoms with Gasteiger partial charge in [0.15, 0.2) is 5.84 Å². The topological polar surface area (TPSA) is 87.7 Å². The molecule has 0 bridgehead atoms. The van der Waals surface area contributed by atoms with Crippen molar-refractivity contribution in [3.8, 4) is 0 Å². The number of amidine groups is 1. The molecule has 0 aromatic heterocycles. The Balaban J connectivity index is 2.99. The minimum atomic E-state index is -3.67. The Labute approximate surface area is 59.9 Å². The van der Waals surface area contributed by atoms with Gasteiger partial charge in [0.25, 0.3) is 0 Å². The summed E-state index contributed by atoms with van der Waals surface area (Å²) in [5, 5.41) is 10.0. The molecule has 0 saturated carbocycles. The average Bonchev–Trinajstić information content (AvgIpc) is 1.84. The Kier molecular flexibility index (Phi) is 1.52. The fraction of sp³-hybridized carbons (Fsp3) is 0.500. The largest absolute Gasteiger partial charge is 0.382 e. The molecule has 0 aromatic rings. The number of aliphatic imine (C=N–C) groups is 1. The van der Waals surface area contributed by atoms with Gasteiger partial charge >= 0.3 is 12.0 Å². The average molecular weight is 165 g/mol. The second-order valence-corrected chi connectivity index (χ2v) is 1.97. The van der Waals surface area contributed by atoms with E-state index in [1.807, 2.05) is 0 Å². The van der Waals surface area contributed by atoms with Crippen LogP contribution in [0.3, 0.4) is 0 Å². The van der Waals surface area contributed by atoms with Crippen LogP contribution in [0.25, 0.3) is 0 Å². The molecule has 0 saturated heterocycles. The van der Waals surface area contributed by atoms with Crippen molar-refractivity contribution in [3.63, 3.8) is 0 Å². The lowest BCUT2D eigenvalue weighted by molar-refractivity contribution is -0.0672. The van der Waals surface area contributed by atoms with Crippen molar-refractivity contribution < 1.29 is 18.7 Å². The van der Waals surface area contributed by atoms with E-state index in [1.165, 1.54) is 5.32 Å². The van der Waals surface area contributed by atoms with E-state index >= 15 is 0 Å². The number of carbonyl (C=O) groups excluding carboxylic acids is 1. The Hall–Kier alpha value is -1.24. The van der Waals surface area contributed by atoms with Crippen LogP contribution in [-0.2, 0) is 0 Å². The molecule has 4 N–H and O–H groups in total. The molecule has 0 fully saturated rings. The minimum Gasteiger partial charge on any atom is -0.382 e. The predicted molar refractivity (Wildman–Crippen MR) is 31.1 cm³/mol. The van der Waals surface area contributed by atoms with Gasteiger partial charge in [-0.15, -0.1) is 0 Å². The van der Waals surface area contributed by atoms with Gasteiger partial charge in [0.2, 0.25) is 6.23 Å². The molecule has 5 nitrogen and oxygen atoms in total. The van der Waals surface area contributed by atoms with Gasteiger partial charge in [-0.05, 0) is 0 Å². The molecule has 1 aliphatic rings. The van der Waals surface area contributed by atoms with Crippen LogP contribution in [0.4, 0.5) is 13.6 Å². The van der Waals surface area contributed by atoms with E-state index in [9.17, 15) is 13.6 Å². The highest BCUT2D eigenvalue weighted by Crippen LogP contribution is 2.19. The van der Waals surface area contributed by atoms with Gasteiger partial charge in [0.05, 0.1) is 0 Å². The van der Waals surface area contributed by atoms with Gasteiger partial charge in [-0.3, -0.25) is 0 Å². The zero-order chi connectivity index (χ0) is 8.65. The number of amides is 2. The zero-order valence-electron chi connectivity index (χ0n) is 5.21. The summed E-state index contributed by atoms with van der Waals surface area (Å²) in [6, 6.07) is -1.07. The van der Waals surface area contributed by atoms with Crippen molar-refractivity contribution in [2.75, 3.05) is 0 Å². The Bertz CT molecular complexity index is 227. The molecule has 1 unspecified atom stereocenters. The second kappa shape index (κ2) is 2.12. The number of urea groups is 1. The van der Waals surface area contributed by atoms with Gasteiger partial charge in [-0.1, -0.05) is 0 Å². The number of nitrogens with zero attached hydrogens (tertiary/aromatic N) is 1. The monoisotopic (exact) mass is 165 g/mol. The van der Waals surface area contributed by atoms with Gasteiger partial charge in [0, 0.05) is 0 Å². The molecule has 2 amide bonds. The second-order valence-electron chi connectivity index (χ2n) is 1.97. The highest BCUT2D eigenvalue weighted by Gasteiger charge is 2.47. The van der Waals surface area contributed by atoms with Crippen LogP contribution in [0.5, 0.6) is 0 Å². The molecule has 1 atom stereocenters. The van der Waals surface area contributed by atoms with Crippen LogP contribution >= 0.6 is 0 Å². The first-order chi connectivity index (χ1) is 4.94. The van der Waals surface area contributed by atoms with Crippen LogP contribution in [0.2, 0.25) is 0 Å². The molecular formula is C4H5F2N3O2. The minimum absolute atomic E-state index is 1.07. The smallest absolute Gasteiger partial charge is 0.347 e. The lowest BCUT2D eigenvalue weighted by Gasteiger charge is -2.25. The lowest BCUT2D eigenvalue weighted by Crippen LogP contribution is -2.58. The Morgan fingerprint density at radius 1 is 1.73 bits per heavy atom. The number of aliphatic hydroxyl groups excluding tert-OH is 1. The van der Waals surface area contributed by atoms with E-state index in [-0.39, 0.29) is 0 Å². The van der Waals surface area contributed by atoms with Crippen molar-refractivity contribution >= 4 is 11.9 Å². The summed E-state index contributed by atoms with van der Waals surface area (Å²) >= 11 is 0. The number of hydrogen-bond donors (Lipinski definition) is 3. The summed E-state index contributed by atoms with van der Waals surface area (Å²) in [7, 11) is 0. The van der Waals surface area contributed by atoms with Crippen molar-refractivity contribution in [1.29, 1.82) is 0 Å². The molecule has 0 radical (unpaired) electrons. The quantitative estimate of drug-likeness (QED) is 0.431. The maximum atomic E-state index is 12.4. The molecule has 0 spiro atoms. The van der Waals surface area contributed by atoms with Crippen LogP contribution < -0.4 is 11.1 Å². The number of aliphatic hydroxyl groups is 1. The van der Waals surface area contributed by atoms with Crippen LogP contribution in [0, 0.1) is 0 Å². The fourth-order valence-electron chi connectivity index (χ4n) is 0.564. The molecule has 1 rings (SSSR count). The molecule has 1 aliphatic heterocycles. The first-order valence-electron chi connectivity index (χ1n) is 2.65. The van der Waals surface area contributed by atoms with Gasteiger partial charge in [-0.2, -0.15) is 13.8 Å². The van der Waals surface area contributed by atoms with Gasteiger partial charge < -0.3 is 16.2 Å². The lowest BCUT2D eigenvalue weighted by atomic mass is 10.2. The normalized spacial score (nSPS) is 29.2. The summed E-state index contributed by atoms with van der Waals surface area (Å²) in [6.45, 7) is 0. The van der Waals surface area contributed by atoms with E-state index in [0.717, 1.165) is 0 Å². The van der Waals surface area contributed by atoms with E-state index in [0.29, 0.717) is 0 Å². The first kappa shape index (κ1) is 7.86. The molecule has 1 heterocycles. The maximum absolute atomic E-state index is 12.4. The molecule has 62 valence electrons. The number of carbonyl (C=O) groups is 1. The van der Waals surface area contributed by atoms with E-state index in [1.54, 1.807) is 0 Å². The number of rotatable bonds is 0. The number of nitrogens with one attached hydrogen (secondary N) is 1. The highest BCUT2D eigenvalue weighted by atomic mass is 19.3. The first-order valence-corrected chi connectivity index (χ1v) is 2.65. The number of hydrogen-bond acceptors (Lipinski definition) is 3. The zero-order valence-corrected chi connectivity index (χ0v) is 5.21. The van der Waals surface area contributed by atoms with Gasteiger partial charge in [-0.25, -0.2) is 4.79 Å². The maximum Gasteiger partial charge on any atom is 0.347 e.